The van der Waals surface area contributed by atoms with Crippen LogP contribution in [0.15, 0.2) is 78.3 Å². The number of carbonyl (C=O) groups excluding carboxylic acids is 1. The summed E-state index contributed by atoms with van der Waals surface area (Å²) >= 11 is 0. The Balaban J connectivity index is 1.97. The number of carbonyl (C=O) groups is 1. The molecule has 0 unspecified atom stereocenters. The Morgan fingerprint density at radius 1 is 0.955 bits per heavy atom. The minimum Gasteiger partial charge on any atom is -0.406 e. The topological polar surface area (TPSA) is 38.7 Å². The molecule has 3 nitrogen and oxygen atoms in total. The van der Waals surface area contributed by atoms with Gasteiger partial charge in [-0.3, -0.25) is 0 Å². The predicted molar refractivity (Wildman–Crippen MR) is 86.7 cm³/mol. The van der Waals surface area contributed by atoms with Gasteiger partial charge in [0.1, 0.15) is 0 Å². The second-order valence-electron chi connectivity index (χ2n) is 5.40. The van der Waals surface area contributed by atoms with Gasteiger partial charge in [-0.2, -0.15) is 0 Å². The van der Waals surface area contributed by atoms with Crippen molar-refractivity contribution in [3.8, 4) is 0 Å². The highest BCUT2D eigenvalue weighted by molar-refractivity contribution is 6.04. The molecule has 22 heavy (non-hydrogen) atoms. The van der Waals surface area contributed by atoms with Crippen molar-refractivity contribution in [2.24, 2.45) is 4.99 Å². The maximum absolute atomic E-state index is 12.5. The summed E-state index contributed by atoms with van der Waals surface area (Å²) in [4.78, 5) is 17.0. The Labute approximate surface area is 130 Å². The number of ether oxygens (including phenoxy) is 1. The zero-order valence-electron chi connectivity index (χ0n) is 12.2. The van der Waals surface area contributed by atoms with Crippen molar-refractivity contribution in [2.45, 2.75) is 18.4 Å². The maximum atomic E-state index is 12.5. The number of hydrogen-bond acceptors (Lipinski definition) is 3. The molecule has 110 valence electrons. The highest BCUT2D eigenvalue weighted by Crippen LogP contribution is 2.29. The van der Waals surface area contributed by atoms with Gasteiger partial charge in [0.2, 0.25) is 5.90 Å². The van der Waals surface area contributed by atoms with E-state index < -0.39 is 5.54 Å². The fourth-order valence-corrected chi connectivity index (χ4v) is 2.71. The Bertz CT molecular complexity index is 663. The maximum Gasteiger partial charge on any atom is 0.341 e. The third-order valence-electron chi connectivity index (χ3n) is 3.75. The first-order valence-electron chi connectivity index (χ1n) is 7.24. The second kappa shape index (κ2) is 5.98. The minimum atomic E-state index is -0.910. The lowest BCUT2D eigenvalue weighted by Gasteiger charge is -2.22. The summed E-state index contributed by atoms with van der Waals surface area (Å²) in [5.74, 6) is -0.00744. The van der Waals surface area contributed by atoms with Crippen molar-refractivity contribution in [2.75, 3.05) is 0 Å². The van der Waals surface area contributed by atoms with Crippen LogP contribution in [0.5, 0.6) is 0 Å². The van der Waals surface area contributed by atoms with Gasteiger partial charge in [0, 0.05) is 12.8 Å². The second-order valence-corrected chi connectivity index (χ2v) is 5.40. The zero-order chi connectivity index (χ0) is 15.4. The molecule has 0 atom stereocenters. The Hall–Kier alpha value is -2.68. The molecule has 0 bridgehead atoms. The van der Waals surface area contributed by atoms with E-state index >= 15 is 0 Å². The van der Waals surface area contributed by atoms with E-state index in [1.807, 2.05) is 60.7 Å². The fraction of sp³-hybridized carbons (Fsp3) is 0.158. The summed E-state index contributed by atoms with van der Waals surface area (Å²) in [6, 6.07) is 19.8. The van der Waals surface area contributed by atoms with Crippen molar-refractivity contribution in [3.05, 3.63) is 84.4 Å². The van der Waals surface area contributed by atoms with Crippen molar-refractivity contribution in [1.82, 2.24) is 0 Å². The van der Waals surface area contributed by atoms with Crippen molar-refractivity contribution < 1.29 is 9.53 Å². The van der Waals surface area contributed by atoms with Gasteiger partial charge < -0.3 is 4.74 Å². The molecule has 3 rings (SSSR count). The Kier molecular flexibility index (Phi) is 3.88. The molecule has 0 aliphatic carbocycles. The van der Waals surface area contributed by atoms with Crippen molar-refractivity contribution in [1.29, 1.82) is 0 Å². The van der Waals surface area contributed by atoms with Crippen LogP contribution in [-0.2, 0) is 22.4 Å². The molecule has 1 aliphatic rings. The van der Waals surface area contributed by atoms with Gasteiger partial charge in [-0.1, -0.05) is 67.2 Å². The van der Waals surface area contributed by atoms with Gasteiger partial charge in [0.05, 0.1) is 0 Å². The molecule has 0 saturated heterocycles. The third-order valence-corrected chi connectivity index (χ3v) is 3.75. The van der Waals surface area contributed by atoms with E-state index in [4.69, 9.17) is 4.74 Å². The van der Waals surface area contributed by atoms with Gasteiger partial charge in [0.15, 0.2) is 5.54 Å². The number of cyclic esters (lactones) is 1. The lowest BCUT2D eigenvalue weighted by molar-refractivity contribution is -0.139. The summed E-state index contributed by atoms with van der Waals surface area (Å²) in [5.41, 5.74) is 1.21. The molecule has 2 aromatic carbocycles. The SMILES string of the molecule is C=CC1=NC(Cc2ccccc2)(Cc2ccccc2)C(=O)O1. The van der Waals surface area contributed by atoms with Crippen LogP contribution in [0.4, 0.5) is 0 Å². The van der Waals surface area contributed by atoms with E-state index in [2.05, 4.69) is 11.6 Å². The van der Waals surface area contributed by atoms with Crippen LogP contribution in [-0.4, -0.2) is 17.4 Å². The molecular formula is C19H17NO2. The van der Waals surface area contributed by atoms with E-state index in [9.17, 15) is 4.79 Å². The van der Waals surface area contributed by atoms with Crippen LogP contribution < -0.4 is 0 Å². The minimum absolute atomic E-state index is 0.303. The fourth-order valence-electron chi connectivity index (χ4n) is 2.71. The zero-order valence-corrected chi connectivity index (χ0v) is 12.2. The summed E-state index contributed by atoms with van der Waals surface area (Å²) < 4.78 is 5.26. The van der Waals surface area contributed by atoms with Gasteiger partial charge >= 0.3 is 5.97 Å². The number of rotatable bonds is 5. The van der Waals surface area contributed by atoms with Crippen molar-refractivity contribution in [3.63, 3.8) is 0 Å². The largest absolute Gasteiger partial charge is 0.406 e. The van der Waals surface area contributed by atoms with Gasteiger partial charge in [-0.25, -0.2) is 9.79 Å². The number of esters is 1. The highest BCUT2D eigenvalue weighted by Gasteiger charge is 2.45. The lowest BCUT2D eigenvalue weighted by atomic mass is 9.85. The molecule has 1 heterocycles. The first kappa shape index (κ1) is 14.3. The molecule has 0 aromatic heterocycles. The number of nitrogens with zero attached hydrogens (tertiary/aromatic N) is 1. The number of benzene rings is 2. The van der Waals surface area contributed by atoms with Crippen LogP contribution in [0.1, 0.15) is 11.1 Å². The first-order chi connectivity index (χ1) is 10.7. The van der Waals surface area contributed by atoms with Crippen LogP contribution >= 0.6 is 0 Å². The van der Waals surface area contributed by atoms with E-state index in [0.29, 0.717) is 18.7 Å². The molecular weight excluding hydrogens is 274 g/mol. The van der Waals surface area contributed by atoms with Crippen molar-refractivity contribution >= 4 is 11.9 Å². The van der Waals surface area contributed by atoms with Crippen LogP contribution in [0.3, 0.4) is 0 Å². The Morgan fingerprint density at radius 2 is 1.45 bits per heavy atom. The number of aliphatic imine (C=N–C) groups is 1. The quantitative estimate of drug-likeness (QED) is 0.792. The van der Waals surface area contributed by atoms with Gasteiger partial charge in [-0.05, 0) is 17.2 Å². The molecule has 0 radical (unpaired) electrons. The summed E-state index contributed by atoms with van der Waals surface area (Å²) in [6.07, 6.45) is 2.51. The monoisotopic (exact) mass is 291 g/mol. The molecule has 0 amide bonds. The molecule has 0 N–H and O–H groups in total. The molecule has 2 aromatic rings. The first-order valence-corrected chi connectivity index (χ1v) is 7.24. The molecule has 1 aliphatic heterocycles. The Morgan fingerprint density at radius 3 is 1.86 bits per heavy atom. The third kappa shape index (κ3) is 2.84. The summed E-state index contributed by atoms with van der Waals surface area (Å²) in [7, 11) is 0. The molecule has 0 saturated carbocycles. The lowest BCUT2D eigenvalue weighted by Crippen LogP contribution is -2.38. The highest BCUT2D eigenvalue weighted by atomic mass is 16.6. The van der Waals surface area contributed by atoms with E-state index in [1.54, 1.807) is 0 Å². The van der Waals surface area contributed by atoms with E-state index in [1.165, 1.54) is 6.08 Å². The smallest absolute Gasteiger partial charge is 0.341 e. The standard InChI is InChI=1S/C19H17NO2/c1-2-17-20-19(18(21)22-17,13-15-9-5-3-6-10-15)14-16-11-7-4-8-12-16/h2-12H,1,13-14H2. The van der Waals surface area contributed by atoms with Crippen LogP contribution in [0, 0.1) is 0 Å². The summed E-state index contributed by atoms with van der Waals surface area (Å²) in [6.45, 7) is 3.65. The average Bonchev–Trinajstić information content (AvgIpc) is 2.85. The van der Waals surface area contributed by atoms with Crippen LogP contribution in [0.25, 0.3) is 0 Å². The normalized spacial score (nSPS) is 16.0. The molecule has 3 heteroatoms. The number of hydrogen-bond donors (Lipinski definition) is 0. The molecule has 0 spiro atoms. The van der Waals surface area contributed by atoms with E-state index in [-0.39, 0.29) is 5.97 Å². The van der Waals surface area contributed by atoms with Gasteiger partial charge in [0.25, 0.3) is 0 Å². The van der Waals surface area contributed by atoms with E-state index in [0.717, 1.165) is 11.1 Å². The van der Waals surface area contributed by atoms with Gasteiger partial charge in [-0.15, -0.1) is 0 Å². The molecule has 0 fully saturated rings. The van der Waals surface area contributed by atoms with Crippen LogP contribution in [0.2, 0.25) is 0 Å². The predicted octanol–water partition coefficient (Wildman–Crippen LogP) is 3.35. The average molecular weight is 291 g/mol. The summed E-state index contributed by atoms with van der Waals surface area (Å²) in [5, 5.41) is 0.